The summed E-state index contributed by atoms with van der Waals surface area (Å²) >= 11 is 0. The molecule has 0 radical (unpaired) electrons. The fraction of sp³-hybridized carbons (Fsp3) is 0.941. The first-order valence-corrected chi connectivity index (χ1v) is 8.66. The minimum Gasteiger partial charge on any atom is -0.382 e. The lowest BCUT2D eigenvalue weighted by molar-refractivity contribution is -0.127. The van der Waals surface area contributed by atoms with Crippen molar-refractivity contribution in [2.75, 3.05) is 40.0 Å². The summed E-state index contributed by atoms with van der Waals surface area (Å²) in [5.74, 6) is 0.836. The molecule has 0 bridgehead atoms. The molecule has 122 valence electrons. The van der Waals surface area contributed by atoms with Gasteiger partial charge >= 0.3 is 0 Å². The molecule has 2 atom stereocenters. The molecule has 2 fully saturated rings. The third-order valence-corrected chi connectivity index (χ3v) is 4.90. The van der Waals surface area contributed by atoms with Crippen LogP contribution in [0, 0.1) is 5.92 Å². The van der Waals surface area contributed by atoms with Crippen LogP contribution in [-0.4, -0.2) is 56.7 Å². The van der Waals surface area contributed by atoms with Crippen LogP contribution in [0.3, 0.4) is 0 Å². The van der Waals surface area contributed by atoms with Gasteiger partial charge in [0.05, 0.1) is 13.2 Å². The maximum Gasteiger partial charge on any atom is 0.137 e. The Morgan fingerprint density at radius 2 is 1.95 bits per heavy atom. The molecule has 2 unspecified atom stereocenters. The zero-order chi connectivity index (χ0) is 14.9. The molecule has 0 aromatic rings. The van der Waals surface area contributed by atoms with Gasteiger partial charge in [0.1, 0.15) is 5.78 Å². The van der Waals surface area contributed by atoms with E-state index in [0.717, 1.165) is 45.4 Å². The van der Waals surface area contributed by atoms with Gasteiger partial charge in [0, 0.05) is 38.6 Å². The van der Waals surface area contributed by atoms with Crippen LogP contribution in [0.1, 0.15) is 51.4 Å². The highest BCUT2D eigenvalue weighted by Gasteiger charge is 2.34. The Kier molecular flexibility index (Phi) is 7.69. The number of nitrogens with zero attached hydrogens (tertiary/aromatic N) is 1. The van der Waals surface area contributed by atoms with Crippen molar-refractivity contribution in [3.05, 3.63) is 0 Å². The molecule has 0 aromatic heterocycles. The summed E-state index contributed by atoms with van der Waals surface area (Å²) in [5.41, 5.74) is 0. The molecule has 21 heavy (non-hydrogen) atoms. The van der Waals surface area contributed by atoms with Gasteiger partial charge in [-0.3, -0.25) is 9.69 Å². The second kappa shape index (κ2) is 9.54. The number of carbonyl (C=O) groups excluding carboxylic acids is 1. The predicted octanol–water partition coefficient (Wildman–Crippen LogP) is 2.65. The number of piperidine rings is 1. The Hall–Kier alpha value is -0.450. The summed E-state index contributed by atoms with van der Waals surface area (Å²) in [5, 5.41) is 0. The average Bonchev–Trinajstić information content (AvgIpc) is 2.52. The van der Waals surface area contributed by atoms with Gasteiger partial charge < -0.3 is 9.47 Å². The van der Waals surface area contributed by atoms with Gasteiger partial charge in [-0.05, 0) is 38.6 Å². The first-order valence-electron chi connectivity index (χ1n) is 8.66. The second-order valence-electron chi connectivity index (χ2n) is 6.38. The molecule has 0 aromatic carbocycles. The van der Waals surface area contributed by atoms with E-state index in [0.29, 0.717) is 31.0 Å². The number of methoxy groups -OCH3 is 1. The van der Waals surface area contributed by atoms with Gasteiger partial charge in [-0.15, -0.1) is 0 Å². The Labute approximate surface area is 129 Å². The molecule has 4 nitrogen and oxygen atoms in total. The number of ketones is 1. The molecule has 0 amide bonds. The van der Waals surface area contributed by atoms with Crippen molar-refractivity contribution in [1.29, 1.82) is 0 Å². The Balaban J connectivity index is 1.74. The third kappa shape index (κ3) is 5.35. The molecule has 1 saturated carbocycles. The number of carbonyl (C=O) groups is 1. The molecule has 1 aliphatic carbocycles. The van der Waals surface area contributed by atoms with Crippen molar-refractivity contribution in [1.82, 2.24) is 4.90 Å². The van der Waals surface area contributed by atoms with E-state index in [4.69, 9.17) is 9.47 Å². The Morgan fingerprint density at radius 3 is 2.76 bits per heavy atom. The lowest BCUT2D eigenvalue weighted by Crippen LogP contribution is -2.47. The number of likely N-dealkylation sites (tertiary alicyclic amines) is 1. The fourth-order valence-corrected chi connectivity index (χ4v) is 3.78. The van der Waals surface area contributed by atoms with E-state index in [-0.39, 0.29) is 0 Å². The third-order valence-electron chi connectivity index (χ3n) is 4.90. The van der Waals surface area contributed by atoms with Crippen molar-refractivity contribution in [3.63, 3.8) is 0 Å². The summed E-state index contributed by atoms with van der Waals surface area (Å²) in [4.78, 5) is 14.8. The molecule has 1 aliphatic heterocycles. The minimum atomic E-state index is 0.313. The van der Waals surface area contributed by atoms with Gasteiger partial charge in [0.25, 0.3) is 0 Å². The SMILES string of the molecule is COCCOCCCN1CCCCC1C1CCCCC1=O. The molecular weight excluding hydrogens is 266 g/mol. The van der Waals surface area contributed by atoms with Crippen LogP contribution < -0.4 is 0 Å². The number of ether oxygens (including phenoxy) is 2. The molecule has 2 rings (SSSR count). The van der Waals surface area contributed by atoms with E-state index in [9.17, 15) is 4.79 Å². The van der Waals surface area contributed by atoms with Gasteiger partial charge in [-0.2, -0.15) is 0 Å². The zero-order valence-corrected chi connectivity index (χ0v) is 13.5. The van der Waals surface area contributed by atoms with Crippen LogP contribution >= 0.6 is 0 Å². The summed E-state index contributed by atoms with van der Waals surface area (Å²) in [6.45, 7) is 4.38. The lowest BCUT2D eigenvalue weighted by Gasteiger charge is -2.41. The van der Waals surface area contributed by atoms with Gasteiger partial charge in [-0.25, -0.2) is 0 Å². The van der Waals surface area contributed by atoms with E-state index in [1.165, 1.54) is 25.7 Å². The number of hydrogen-bond acceptors (Lipinski definition) is 4. The van der Waals surface area contributed by atoms with Gasteiger partial charge in [0.15, 0.2) is 0 Å². The van der Waals surface area contributed by atoms with Crippen LogP contribution in [-0.2, 0) is 14.3 Å². The first kappa shape index (κ1) is 16.9. The van der Waals surface area contributed by atoms with Crippen molar-refractivity contribution < 1.29 is 14.3 Å². The molecule has 4 heteroatoms. The van der Waals surface area contributed by atoms with E-state index >= 15 is 0 Å². The first-order chi connectivity index (χ1) is 10.3. The highest BCUT2D eigenvalue weighted by molar-refractivity contribution is 5.82. The van der Waals surface area contributed by atoms with Crippen molar-refractivity contribution >= 4 is 5.78 Å². The minimum absolute atomic E-state index is 0.313. The largest absolute Gasteiger partial charge is 0.382 e. The maximum absolute atomic E-state index is 12.2. The maximum atomic E-state index is 12.2. The standard InChI is InChI=1S/C17H31NO3/c1-20-13-14-21-12-6-11-18-10-5-4-8-16(18)15-7-2-3-9-17(15)19/h15-16H,2-14H2,1H3. The van der Waals surface area contributed by atoms with Crippen LogP contribution in [0.25, 0.3) is 0 Å². The summed E-state index contributed by atoms with van der Waals surface area (Å²) < 4.78 is 10.5. The topological polar surface area (TPSA) is 38.8 Å². The molecule has 0 N–H and O–H groups in total. The number of rotatable bonds is 8. The molecule has 0 spiro atoms. The van der Waals surface area contributed by atoms with Crippen molar-refractivity contribution in [2.24, 2.45) is 5.92 Å². The van der Waals surface area contributed by atoms with Gasteiger partial charge in [0.2, 0.25) is 0 Å². The zero-order valence-electron chi connectivity index (χ0n) is 13.5. The van der Waals surface area contributed by atoms with Crippen LogP contribution in [0.5, 0.6) is 0 Å². The van der Waals surface area contributed by atoms with E-state index in [1.807, 2.05) is 0 Å². The van der Waals surface area contributed by atoms with E-state index in [2.05, 4.69) is 4.90 Å². The Morgan fingerprint density at radius 1 is 1.10 bits per heavy atom. The van der Waals surface area contributed by atoms with Crippen LogP contribution in [0.4, 0.5) is 0 Å². The van der Waals surface area contributed by atoms with E-state index in [1.54, 1.807) is 7.11 Å². The summed E-state index contributed by atoms with van der Waals surface area (Å²) in [7, 11) is 1.70. The number of hydrogen-bond donors (Lipinski definition) is 0. The molecular formula is C17H31NO3. The van der Waals surface area contributed by atoms with Crippen molar-refractivity contribution in [2.45, 2.75) is 57.4 Å². The normalized spacial score (nSPS) is 28.0. The monoisotopic (exact) mass is 297 g/mol. The quantitative estimate of drug-likeness (QED) is 0.646. The van der Waals surface area contributed by atoms with E-state index < -0.39 is 0 Å². The van der Waals surface area contributed by atoms with Gasteiger partial charge in [-0.1, -0.05) is 12.8 Å². The average molecular weight is 297 g/mol. The lowest BCUT2D eigenvalue weighted by atomic mass is 9.79. The smallest absolute Gasteiger partial charge is 0.137 e. The molecule has 2 aliphatic rings. The highest BCUT2D eigenvalue weighted by Crippen LogP contribution is 2.31. The molecule has 1 heterocycles. The predicted molar refractivity (Wildman–Crippen MR) is 83.5 cm³/mol. The Bertz CT molecular complexity index is 308. The fourth-order valence-electron chi connectivity index (χ4n) is 3.78. The second-order valence-corrected chi connectivity index (χ2v) is 6.38. The van der Waals surface area contributed by atoms with Crippen molar-refractivity contribution in [3.8, 4) is 0 Å². The summed E-state index contributed by atoms with van der Waals surface area (Å²) in [6, 6.07) is 0.505. The highest BCUT2D eigenvalue weighted by atomic mass is 16.5. The summed E-state index contributed by atoms with van der Waals surface area (Å²) in [6.07, 6.45) is 9.11. The number of Topliss-reactive ketones (excluding diaryl/α,β-unsaturated/α-hetero) is 1. The van der Waals surface area contributed by atoms with Crippen LogP contribution in [0.15, 0.2) is 0 Å². The van der Waals surface area contributed by atoms with Crippen LogP contribution in [0.2, 0.25) is 0 Å². The molecule has 1 saturated heterocycles.